The molecule has 0 bridgehead atoms. The van der Waals surface area contributed by atoms with Crippen LogP contribution in [-0.2, 0) is 18.3 Å². The highest BCUT2D eigenvalue weighted by Gasteiger charge is 2.31. The van der Waals surface area contributed by atoms with Crippen molar-refractivity contribution in [3.05, 3.63) is 124 Å². The van der Waals surface area contributed by atoms with Crippen LogP contribution in [0.2, 0.25) is 0 Å². The zero-order valence-corrected chi connectivity index (χ0v) is 27.3. The average Bonchev–Trinajstić information content (AvgIpc) is 3.08. The van der Waals surface area contributed by atoms with E-state index in [1.54, 1.807) is 44.2 Å². The van der Waals surface area contributed by atoms with Crippen molar-refractivity contribution in [1.82, 2.24) is 9.71 Å². The fourth-order valence-electron chi connectivity index (χ4n) is 6.11. The van der Waals surface area contributed by atoms with Crippen molar-refractivity contribution in [2.24, 2.45) is 5.92 Å². The number of anilines is 1. The first-order valence-electron chi connectivity index (χ1n) is 15.9. The van der Waals surface area contributed by atoms with Crippen LogP contribution < -0.4 is 15.8 Å². The molecule has 0 fully saturated rings. The van der Waals surface area contributed by atoms with Gasteiger partial charge in [-0.25, -0.2) is 4.79 Å². The maximum atomic E-state index is 13.2. The van der Waals surface area contributed by atoms with Crippen LogP contribution in [-0.4, -0.2) is 42.0 Å². The van der Waals surface area contributed by atoms with Crippen molar-refractivity contribution in [3.8, 4) is 0 Å². The number of aromatic nitrogens is 2. The van der Waals surface area contributed by atoms with Crippen LogP contribution in [0.5, 0.6) is 0 Å². The standard InChI is InChI=1S/C36H38N3O7P/c1-3-45-47(42,46-4-2)22-20-25(24-44-39-21-19-32(38-36(39)41)37-35(40)29-9-6-5-7-10-29)23-43-31-18-16-28-14-13-26-11-8-12-27-15-17-30(31)34(28)33(26)27/h5-15,17,19-22,25,28,31H,3-4,16,18,23-24H2,1-2H3,(H,37,38,40,41)/b22-20+/t25-,28?,31+/m1/s1. The normalized spacial score (nSPS) is 17.6. The monoisotopic (exact) mass is 655 g/mol. The van der Waals surface area contributed by atoms with Gasteiger partial charge in [-0.15, -0.1) is 4.73 Å². The lowest BCUT2D eigenvalue weighted by molar-refractivity contribution is -0.00184. The van der Waals surface area contributed by atoms with Crippen LogP contribution in [0.1, 0.15) is 65.8 Å². The third kappa shape index (κ3) is 7.47. The molecule has 4 aromatic rings. The van der Waals surface area contributed by atoms with E-state index in [0.29, 0.717) is 11.5 Å². The Morgan fingerprint density at radius 2 is 1.83 bits per heavy atom. The first-order chi connectivity index (χ1) is 22.9. The number of hydrogen-bond acceptors (Lipinski definition) is 8. The Hall–Kier alpha value is -4.34. The SMILES string of the molecule is CCOP(=O)(/C=C/[C@H](CO[C@H]1CCC2C=Cc3cccc4ccc1c2c34)COn1ccc(NC(=O)c2ccccc2)nc1=O)OCC. The van der Waals surface area contributed by atoms with E-state index >= 15 is 0 Å². The molecular weight excluding hydrogens is 617 g/mol. The molecule has 244 valence electrons. The lowest BCUT2D eigenvalue weighted by Crippen LogP contribution is -2.33. The summed E-state index contributed by atoms with van der Waals surface area (Å²) >= 11 is 0. The maximum absolute atomic E-state index is 13.2. The number of allylic oxidation sites excluding steroid dienone is 1. The quantitative estimate of drug-likeness (QED) is 0.143. The zero-order valence-electron chi connectivity index (χ0n) is 26.4. The summed E-state index contributed by atoms with van der Waals surface area (Å²) < 4.78 is 31.7. The molecule has 0 radical (unpaired) electrons. The molecule has 1 heterocycles. The van der Waals surface area contributed by atoms with Gasteiger partial charge in [0.2, 0.25) is 0 Å². The third-order valence-corrected chi connectivity index (χ3v) is 10.0. The number of amides is 1. The van der Waals surface area contributed by atoms with Crippen LogP contribution in [0.15, 0.2) is 95.7 Å². The molecule has 10 nitrogen and oxygen atoms in total. The number of nitrogens with one attached hydrogen (secondary N) is 1. The minimum Gasteiger partial charge on any atom is -0.409 e. The zero-order chi connectivity index (χ0) is 32.8. The maximum Gasteiger partial charge on any atom is 0.382 e. The number of nitrogens with zero attached hydrogens (tertiary/aromatic N) is 2. The molecule has 1 unspecified atom stereocenters. The first-order valence-corrected chi connectivity index (χ1v) is 17.5. The molecule has 0 saturated heterocycles. The number of carbonyl (C=O) groups excluding carboxylic acids is 1. The fourth-order valence-corrected chi connectivity index (χ4v) is 7.53. The molecule has 0 aliphatic heterocycles. The van der Waals surface area contributed by atoms with Gasteiger partial charge in [0.15, 0.2) is 0 Å². The summed E-state index contributed by atoms with van der Waals surface area (Å²) in [7, 11) is -3.49. The van der Waals surface area contributed by atoms with E-state index < -0.39 is 19.2 Å². The number of carbonyl (C=O) groups is 1. The molecule has 0 saturated carbocycles. The third-order valence-electron chi connectivity index (χ3n) is 8.27. The smallest absolute Gasteiger partial charge is 0.382 e. The van der Waals surface area contributed by atoms with E-state index in [9.17, 15) is 14.2 Å². The van der Waals surface area contributed by atoms with Gasteiger partial charge in [0.25, 0.3) is 5.91 Å². The summed E-state index contributed by atoms with van der Waals surface area (Å²) in [5.41, 5.74) is 3.47. The Kier molecular flexibility index (Phi) is 10.1. The molecule has 3 atom stereocenters. The average molecular weight is 656 g/mol. The lowest BCUT2D eigenvalue weighted by atomic mass is 9.75. The van der Waals surface area contributed by atoms with Crippen molar-refractivity contribution < 1.29 is 28.0 Å². The number of benzene rings is 3. The molecule has 1 N–H and O–H groups in total. The van der Waals surface area contributed by atoms with Crippen molar-refractivity contribution in [2.45, 2.75) is 38.7 Å². The second kappa shape index (κ2) is 14.6. The van der Waals surface area contributed by atoms with Crippen molar-refractivity contribution >= 4 is 36.2 Å². The minimum atomic E-state index is -3.49. The summed E-state index contributed by atoms with van der Waals surface area (Å²) in [5, 5.41) is 5.13. The van der Waals surface area contributed by atoms with Crippen LogP contribution >= 0.6 is 7.60 Å². The highest BCUT2D eigenvalue weighted by Crippen LogP contribution is 2.50. The molecule has 11 heteroatoms. The van der Waals surface area contributed by atoms with E-state index in [-0.39, 0.29) is 44.3 Å². The Balaban J connectivity index is 1.19. The Labute approximate surface area is 273 Å². The Morgan fingerprint density at radius 1 is 1.02 bits per heavy atom. The molecule has 2 aliphatic rings. The molecule has 1 amide bonds. The Bertz CT molecular complexity index is 1900. The second-order valence-corrected chi connectivity index (χ2v) is 13.3. The summed E-state index contributed by atoms with van der Waals surface area (Å²) in [4.78, 5) is 35.1. The van der Waals surface area contributed by atoms with Gasteiger partial charge in [0.1, 0.15) is 12.4 Å². The van der Waals surface area contributed by atoms with Gasteiger partial charge in [0.05, 0.1) is 32.1 Å². The molecule has 6 rings (SSSR count). The first kappa shape index (κ1) is 32.6. The number of rotatable bonds is 14. The predicted molar refractivity (Wildman–Crippen MR) is 181 cm³/mol. The van der Waals surface area contributed by atoms with Crippen molar-refractivity contribution in [1.29, 1.82) is 0 Å². The van der Waals surface area contributed by atoms with Crippen LogP contribution in [0, 0.1) is 5.92 Å². The van der Waals surface area contributed by atoms with Gasteiger partial charge < -0.3 is 23.9 Å². The summed E-state index contributed by atoms with van der Waals surface area (Å²) in [5.74, 6) is 1.09. The van der Waals surface area contributed by atoms with Crippen molar-refractivity contribution in [3.63, 3.8) is 0 Å². The molecule has 47 heavy (non-hydrogen) atoms. The largest absolute Gasteiger partial charge is 0.409 e. The van der Waals surface area contributed by atoms with Gasteiger partial charge in [-0.05, 0) is 66.3 Å². The summed E-state index contributed by atoms with van der Waals surface area (Å²) in [6.07, 6.45) is 9.30. The highest BCUT2D eigenvalue weighted by atomic mass is 31.2. The summed E-state index contributed by atoms with van der Waals surface area (Å²) in [6.45, 7) is 4.18. The molecule has 3 aromatic carbocycles. The van der Waals surface area contributed by atoms with Gasteiger partial charge in [-0.2, -0.15) is 4.98 Å². The number of hydrogen-bond donors (Lipinski definition) is 1. The molecular formula is C36H38N3O7P. The topological polar surface area (TPSA) is 118 Å². The van der Waals surface area contributed by atoms with Gasteiger partial charge in [0, 0.05) is 29.3 Å². The van der Waals surface area contributed by atoms with Gasteiger partial charge in [-0.3, -0.25) is 9.36 Å². The van der Waals surface area contributed by atoms with E-state index in [2.05, 4.69) is 52.8 Å². The van der Waals surface area contributed by atoms with Gasteiger partial charge in [-0.1, -0.05) is 66.8 Å². The fraction of sp³-hybridized carbons (Fsp3) is 0.306. The lowest BCUT2D eigenvalue weighted by Gasteiger charge is -2.34. The van der Waals surface area contributed by atoms with E-state index in [1.165, 1.54) is 45.5 Å². The second-order valence-electron chi connectivity index (χ2n) is 11.4. The van der Waals surface area contributed by atoms with Gasteiger partial charge >= 0.3 is 13.3 Å². The molecule has 2 aliphatic carbocycles. The van der Waals surface area contributed by atoms with E-state index in [0.717, 1.165) is 17.6 Å². The van der Waals surface area contributed by atoms with E-state index in [4.69, 9.17) is 18.6 Å². The predicted octanol–water partition coefficient (Wildman–Crippen LogP) is 7.14. The van der Waals surface area contributed by atoms with Crippen LogP contribution in [0.25, 0.3) is 16.8 Å². The number of ether oxygens (including phenoxy) is 1. The van der Waals surface area contributed by atoms with Crippen molar-refractivity contribution in [2.75, 3.05) is 31.7 Å². The van der Waals surface area contributed by atoms with Crippen LogP contribution in [0.4, 0.5) is 5.82 Å². The van der Waals surface area contributed by atoms with Crippen LogP contribution in [0.3, 0.4) is 0 Å². The highest BCUT2D eigenvalue weighted by molar-refractivity contribution is 7.57. The molecule has 0 spiro atoms. The molecule has 1 aromatic heterocycles. The minimum absolute atomic E-state index is 0.0128. The van der Waals surface area contributed by atoms with E-state index in [1.807, 2.05) is 6.07 Å². The summed E-state index contributed by atoms with van der Waals surface area (Å²) in [6, 6.07) is 20.8. The Morgan fingerprint density at radius 3 is 2.60 bits per heavy atom.